The molecular weight excluding hydrogens is 364 g/mol. The second kappa shape index (κ2) is 8.90. The first-order chi connectivity index (χ1) is 12.8. The van der Waals surface area contributed by atoms with Crippen molar-refractivity contribution < 1.29 is 17.9 Å². The Labute approximate surface area is 161 Å². The molecule has 0 fully saturated rings. The van der Waals surface area contributed by atoms with E-state index in [1.165, 1.54) is 4.31 Å². The van der Waals surface area contributed by atoms with Gasteiger partial charge in [0.2, 0.25) is 15.9 Å². The molecule has 0 aromatic heterocycles. The van der Waals surface area contributed by atoms with E-state index in [4.69, 9.17) is 4.74 Å². The van der Waals surface area contributed by atoms with Gasteiger partial charge in [-0.15, -0.1) is 0 Å². The highest BCUT2D eigenvalue weighted by Crippen LogP contribution is 2.23. The van der Waals surface area contributed by atoms with E-state index in [9.17, 15) is 13.2 Å². The van der Waals surface area contributed by atoms with Crippen molar-refractivity contribution in [3.05, 3.63) is 59.7 Å². The molecule has 1 N–H and O–H groups in total. The highest BCUT2D eigenvalue weighted by molar-refractivity contribution is 7.92. The fourth-order valence-electron chi connectivity index (χ4n) is 2.80. The van der Waals surface area contributed by atoms with Gasteiger partial charge >= 0.3 is 0 Å². The molecule has 2 aromatic carbocycles. The number of methoxy groups -OCH3 is 1. The number of hydrogen-bond acceptors (Lipinski definition) is 4. The van der Waals surface area contributed by atoms with E-state index in [-0.39, 0.29) is 5.91 Å². The van der Waals surface area contributed by atoms with Crippen molar-refractivity contribution in [3.8, 4) is 5.75 Å². The molecule has 0 spiro atoms. The molecule has 6 nitrogen and oxygen atoms in total. The van der Waals surface area contributed by atoms with Crippen LogP contribution in [0.15, 0.2) is 48.5 Å². The zero-order valence-corrected chi connectivity index (χ0v) is 16.9. The Kier molecular flexibility index (Phi) is 6.85. The first-order valence-corrected chi connectivity index (χ1v) is 10.6. The maximum Gasteiger partial charge on any atom is 0.244 e. The summed E-state index contributed by atoms with van der Waals surface area (Å²) in [4.78, 5) is 12.8. The topological polar surface area (TPSA) is 75.7 Å². The fourth-order valence-corrected chi connectivity index (χ4v) is 4.01. The number of benzene rings is 2. The predicted octanol–water partition coefficient (Wildman–Crippen LogP) is 2.86. The normalized spacial score (nSPS) is 12.3. The lowest BCUT2D eigenvalue weighted by Crippen LogP contribution is -2.49. The molecule has 0 saturated carbocycles. The van der Waals surface area contributed by atoms with E-state index in [0.29, 0.717) is 18.7 Å². The van der Waals surface area contributed by atoms with E-state index < -0.39 is 16.1 Å². The molecule has 0 unspecified atom stereocenters. The molecule has 146 valence electrons. The third kappa shape index (κ3) is 5.47. The quantitative estimate of drug-likeness (QED) is 0.752. The van der Waals surface area contributed by atoms with Gasteiger partial charge < -0.3 is 10.1 Å². The number of nitrogens with zero attached hydrogens (tertiary/aromatic N) is 1. The van der Waals surface area contributed by atoms with Crippen molar-refractivity contribution in [3.63, 3.8) is 0 Å². The van der Waals surface area contributed by atoms with Crippen LogP contribution in [0.4, 0.5) is 5.69 Å². The Bertz CT molecular complexity index is 862. The molecule has 7 heteroatoms. The number of carbonyl (C=O) groups is 1. The van der Waals surface area contributed by atoms with Gasteiger partial charge in [0, 0.05) is 6.54 Å². The summed E-state index contributed by atoms with van der Waals surface area (Å²) in [5.74, 6) is 0.401. The predicted molar refractivity (Wildman–Crippen MR) is 107 cm³/mol. The van der Waals surface area contributed by atoms with Crippen LogP contribution in [0.3, 0.4) is 0 Å². The summed E-state index contributed by atoms with van der Waals surface area (Å²) < 4.78 is 31.1. The maximum absolute atomic E-state index is 12.8. The van der Waals surface area contributed by atoms with E-state index in [1.54, 1.807) is 26.2 Å². The van der Waals surface area contributed by atoms with E-state index in [1.807, 2.05) is 43.3 Å². The fraction of sp³-hybridized carbons (Fsp3) is 0.350. The molecular formula is C20H26N2O4S. The number of carbonyl (C=O) groups excluding carboxylic acids is 1. The van der Waals surface area contributed by atoms with Crippen molar-refractivity contribution in [2.75, 3.05) is 17.7 Å². The zero-order chi connectivity index (χ0) is 20.0. The molecule has 0 heterocycles. The molecule has 2 rings (SSSR count). The Balaban J connectivity index is 2.19. The van der Waals surface area contributed by atoms with Crippen molar-refractivity contribution in [2.24, 2.45) is 0 Å². The number of amides is 1. The summed E-state index contributed by atoms with van der Waals surface area (Å²) in [6, 6.07) is 13.6. The average Bonchev–Trinajstić information content (AvgIpc) is 2.64. The molecule has 2 aromatic rings. The van der Waals surface area contributed by atoms with Crippen molar-refractivity contribution in [1.82, 2.24) is 5.32 Å². The number of anilines is 1. The van der Waals surface area contributed by atoms with E-state index in [0.717, 1.165) is 23.1 Å². The summed E-state index contributed by atoms with van der Waals surface area (Å²) >= 11 is 0. The zero-order valence-electron chi connectivity index (χ0n) is 16.1. The second-order valence-corrected chi connectivity index (χ2v) is 8.24. The molecule has 0 saturated heterocycles. The molecule has 1 amide bonds. The smallest absolute Gasteiger partial charge is 0.244 e. The standard InChI is InChI=1S/C20H26N2O4S/c1-5-19(20(23)21-14-16-8-12-18(26-3)13-9-16)22(27(4,24)25)17-10-6-15(2)7-11-17/h6-13,19H,5,14H2,1-4H3,(H,21,23)/t19-/m0/s1. The summed E-state index contributed by atoms with van der Waals surface area (Å²) in [5, 5.41) is 2.84. The summed E-state index contributed by atoms with van der Waals surface area (Å²) in [7, 11) is -2.03. The summed E-state index contributed by atoms with van der Waals surface area (Å²) in [6.45, 7) is 4.03. The highest BCUT2D eigenvalue weighted by atomic mass is 32.2. The second-order valence-electron chi connectivity index (χ2n) is 6.38. The van der Waals surface area contributed by atoms with Gasteiger partial charge in [-0.2, -0.15) is 0 Å². The molecule has 0 aliphatic carbocycles. The van der Waals surface area contributed by atoms with Crippen molar-refractivity contribution in [2.45, 2.75) is 32.9 Å². The van der Waals surface area contributed by atoms with Gasteiger partial charge in [0.25, 0.3) is 0 Å². The van der Waals surface area contributed by atoms with Gasteiger partial charge in [0.1, 0.15) is 11.8 Å². The number of nitrogens with one attached hydrogen (secondary N) is 1. The van der Waals surface area contributed by atoms with Crippen LogP contribution in [0.2, 0.25) is 0 Å². The first-order valence-electron chi connectivity index (χ1n) is 8.73. The summed E-state index contributed by atoms with van der Waals surface area (Å²) in [5.41, 5.74) is 2.40. The third-order valence-electron chi connectivity index (χ3n) is 4.24. The van der Waals surface area contributed by atoms with Gasteiger partial charge in [-0.3, -0.25) is 9.10 Å². The van der Waals surface area contributed by atoms with Gasteiger partial charge in [-0.1, -0.05) is 36.8 Å². The van der Waals surface area contributed by atoms with Crippen LogP contribution < -0.4 is 14.4 Å². The number of aryl methyl sites for hydroxylation is 1. The van der Waals surface area contributed by atoms with Crippen LogP contribution in [0.1, 0.15) is 24.5 Å². The van der Waals surface area contributed by atoms with E-state index in [2.05, 4.69) is 5.32 Å². The summed E-state index contributed by atoms with van der Waals surface area (Å²) in [6.07, 6.45) is 1.47. The van der Waals surface area contributed by atoms with Crippen LogP contribution in [-0.4, -0.2) is 33.7 Å². The van der Waals surface area contributed by atoms with Crippen LogP contribution >= 0.6 is 0 Å². The molecule has 0 bridgehead atoms. The van der Waals surface area contributed by atoms with Gasteiger partial charge in [0.15, 0.2) is 0 Å². The average molecular weight is 391 g/mol. The molecule has 1 atom stereocenters. The Morgan fingerprint density at radius 2 is 1.70 bits per heavy atom. The van der Waals surface area contributed by atoms with Crippen molar-refractivity contribution >= 4 is 21.6 Å². The Morgan fingerprint density at radius 1 is 1.11 bits per heavy atom. The molecule has 0 radical (unpaired) electrons. The lowest BCUT2D eigenvalue weighted by molar-refractivity contribution is -0.122. The first kappa shape index (κ1) is 20.8. The third-order valence-corrected chi connectivity index (χ3v) is 5.42. The monoisotopic (exact) mass is 390 g/mol. The van der Waals surface area contributed by atoms with Gasteiger partial charge in [-0.25, -0.2) is 8.42 Å². The lowest BCUT2D eigenvalue weighted by Gasteiger charge is -2.30. The van der Waals surface area contributed by atoms with Crippen LogP contribution in [-0.2, 0) is 21.4 Å². The maximum atomic E-state index is 12.8. The minimum absolute atomic E-state index is 0.310. The molecule has 0 aliphatic heterocycles. The SMILES string of the molecule is CC[C@@H](C(=O)NCc1ccc(OC)cc1)N(c1ccc(C)cc1)S(C)(=O)=O. The molecule has 27 heavy (non-hydrogen) atoms. The van der Waals surface area contributed by atoms with Crippen molar-refractivity contribution in [1.29, 1.82) is 0 Å². The number of sulfonamides is 1. The van der Waals surface area contributed by atoms with Crippen LogP contribution in [0, 0.1) is 6.92 Å². The van der Waals surface area contributed by atoms with E-state index >= 15 is 0 Å². The number of ether oxygens (including phenoxy) is 1. The lowest BCUT2D eigenvalue weighted by atomic mass is 10.1. The minimum atomic E-state index is -3.62. The van der Waals surface area contributed by atoms with Gasteiger partial charge in [-0.05, 0) is 43.2 Å². The molecule has 0 aliphatic rings. The Morgan fingerprint density at radius 3 is 2.19 bits per heavy atom. The Hall–Kier alpha value is -2.54. The number of rotatable bonds is 8. The highest BCUT2D eigenvalue weighted by Gasteiger charge is 2.31. The minimum Gasteiger partial charge on any atom is -0.497 e. The van der Waals surface area contributed by atoms with Crippen LogP contribution in [0.25, 0.3) is 0 Å². The number of hydrogen-bond donors (Lipinski definition) is 1. The largest absolute Gasteiger partial charge is 0.497 e. The van der Waals surface area contributed by atoms with Gasteiger partial charge in [0.05, 0.1) is 19.1 Å². The van der Waals surface area contributed by atoms with Crippen LogP contribution in [0.5, 0.6) is 5.75 Å².